The minimum absolute atomic E-state index is 0.0404. The molecule has 2 rings (SSSR count). The van der Waals surface area contributed by atoms with Crippen LogP contribution in [0.3, 0.4) is 0 Å². The third kappa shape index (κ3) is 4.34. The van der Waals surface area contributed by atoms with Crippen molar-refractivity contribution in [2.24, 2.45) is 0 Å². The van der Waals surface area contributed by atoms with Crippen LogP contribution in [0, 0.1) is 0 Å². The summed E-state index contributed by atoms with van der Waals surface area (Å²) in [7, 11) is -3.11. The zero-order valence-corrected chi connectivity index (χ0v) is 10.4. The van der Waals surface area contributed by atoms with Crippen LogP contribution >= 0.6 is 0 Å². The van der Waals surface area contributed by atoms with Crippen molar-refractivity contribution in [3.63, 3.8) is 0 Å². The molecule has 2 aromatic carbocycles. The Labute approximate surface area is 106 Å². The molecule has 0 aliphatic carbocycles. The van der Waals surface area contributed by atoms with Crippen LogP contribution in [0.4, 0.5) is 5.69 Å². The molecule has 5 nitrogen and oxygen atoms in total. The summed E-state index contributed by atoms with van der Waals surface area (Å²) in [6, 6.07) is 13.9. The van der Waals surface area contributed by atoms with E-state index >= 15 is 0 Å². The molecular formula is C12H11NO4S. The molecule has 0 unspecified atom stereocenters. The first-order valence-electron chi connectivity index (χ1n) is 5.03. The maximum atomic E-state index is 10.9. The van der Waals surface area contributed by atoms with Gasteiger partial charge in [0, 0.05) is 18.0 Å². The van der Waals surface area contributed by atoms with Gasteiger partial charge in [-0.1, -0.05) is 36.4 Å². The Morgan fingerprint density at radius 3 is 2.17 bits per heavy atom. The number of amides is 1. The van der Waals surface area contributed by atoms with E-state index in [0.29, 0.717) is 0 Å². The Hall–Kier alpha value is -2.21. The number of hydrogen-bond donors (Lipinski definition) is 1. The molecule has 0 bridgehead atoms. The van der Waals surface area contributed by atoms with Gasteiger partial charge >= 0.3 is 10.6 Å². The van der Waals surface area contributed by atoms with Crippen molar-refractivity contribution in [1.82, 2.24) is 0 Å². The zero-order valence-electron chi connectivity index (χ0n) is 9.58. The maximum Gasteiger partial charge on any atom is 0.425 e. The molecule has 0 aliphatic heterocycles. The van der Waals surface area contributed by atoms with E-state index in [2.05, 4.69) is 5.32 Å². The van der Waals surface area contributed by atoms with Crippen molar-refractivity contribution < 1.29 is 17.4 Å². The molecule has 1 amide bonds. The molecule has 6 heteroatoms. The summed E-state index contributed by atoms with van der Waals surface area (Å²) in [5.74, 6) is -0.0404. The van der Waals surface area contributed by atoms with Crippen molar-refractivity contribution in [1.29, 1.82) is 0 Å². The van der Waals surface area contributed by atoms with Crippen LogP contribution in [0.15, 0.2) is 42.5 Å². The monoisotopic (exact) mass is 265 g/mol. The van der Waals surface area contributed by atoms with Gasteiger partial charge in [-0.25, -0.2) is 0 Å². The number of hydrogen-bond acceptors (Lipinski definition) is 4. The van der Waals surface area contributed by atoms with Gasteiger partial charge in [-0.2, -0.15) is 0 Å². The van der Waals surface area contributed by atoms with Crippen molar-refractivity contribution in [3.05, 3.63) is 42.5 Å². The predicted octanol–water partition coefficient (Wildman–Crippen LogP) is 1.79. The van der Waals surface area contributed by atoms with Gasteiger partial charge in [0.15, 0.2) is 0 Å². The van der Waals surface area contributed by atoms with Crippen LogP contribution in [0.25, 0.3) is 10.8 Å². The van der Waals surface area contributed by atoms with Gasteiger partial charge in [0.05, 0.1) is 0 Å². The van der Waals surface area contributed by atoms with Gasteiger partial charge in [-0.15, -0.1) is 12.6 Å². The first-order chi connectivity index (χ1) is 8.50. The van der Waals surface area contributed by atoms with Gasteiger partial charge in [0.25, 0.3) is 0 Å². The van der Waals surface area contributed by atoms with Crippen molar-refractivity contribution in [2.75, 3.05) is 5.32 Å². The molecule has 18 heavy (non-hydrogen) atoms. The van der Waals surface area contributed by atoms with Crippen LogP contribution < -0.4 is 5.32 Å². The summed E-state index contributed by atoms with van der Waals surface area (Å²) in [5, 5.41) is 5.02. The molecule has 0 radical (unpaired) electrons. The molecule has 0 spiro atoms. The molecule has 94 valence electrons. The van der Waals surface area contributed by atoms with Gasteiger partial charge in [0.2, 0.25) is 5.91 Å². The summed E-state index contributed by atoms with van der Waals surface area (Å²) in [6.45, 7) is 1.52. The highest BCUT2D eigenvalue weighted by Crippen LogP contribution is 2.22. The second-order valence-electron chi connectivity index (χ2n) is 3.41. The Morgan fingerprint density at radius 1 is 1.00 bits per heavy atom. The Kier molecular flexibility index (Phi) is 5.01. The molecule has 0 aliphatic rings. The average molecular weight is 265 g/mol. The number of fused-ring (bicyclic) bond motifs is 1. The molecule has 0 fully saturated rings. The summed E-state index contributed by atoms with van der Waals surface area (Å²) >= 11 is 0. The Bertz CT molecular complexity index is 652. The van der Waals surface area contributed by atoms with Gasteiger partial charge in [-0.3, -0.25) is 4.79 Å². The van der Waals surface area contributed by atoms with E-state index in [1.54, 1.807) is 0 Å². The predicted molar refractivity (Wildman–Crippen MR) is 67.9 cm³/mol. The van der Waals surface area contributed by atoms with E-state index in [9.17, 15) is 4.79 Å². The normalized spacial score (nSPS) is 9.17. The van der Waals surface area contributed by atoms with E-state index < -0.39 is 10.6 Å². The van der Waals surface area contributed by atoms with Crippen molar-refractivity contribution >= 4 is 33.0 Å². The lowest BCUT2D eigenvalue weighted by atomic mass is 10.1. The standard InChI is InChI=1S/C12H11NO.O3S/c1-9(14)13-12-8-4-6-10-5-2-3-7-11(10)12;1-4(2)3/h2-8H,1H3,(H,13,14);. The fourth-order valence-corrected chi connectivity index (χ4v) is 1.52. The van der Waals surface area contributed by atoms with E-state index in [4.69, 9.17) is 12.6 Å². The van der Waals surface area contributed by atoms with E-state index in [0.717, 1.165) is 16.5 Å². The molecule has 1 N–H and O–H groups in total. The quantitative estimate of drug-likeness (QED) is 0.852. The summed E-state index contributed by atoms with van der Waals surface area (Å²) in [5.41, 5.74) is 0.871. The number of nitrogens with one attached hydrogen (secondary N) is 1. The molecule has 0 heterocycles. The second-order valence-corrected chi connectivity index (χ2v) is 3.82. The van der Waals surface area contributed by atoms with Crippen LogP contribution in [0.5, 0.6) is 0 Å². The van der Waals surface area contributed by atoms with Crippen molar-refractivity contribution in [2.45, 2.75) is 6.92 Å². The zero-order chi connectivity index (χ0) is 13.5. The lowest BCUT2D eigenvalue weighted by molar-refractivity contribution is -0.114. The summed E-state index contributed by atoms with van der Waals surface area (Å²) < 4.78 is 25.3. The smallest absolute Gasteiger partial charge is 0.326 e. The number of benzene rings is 2. The van der Waals surface area contributed by atoms with Crippen LogP contribution in [-0.2, 0) is 15.4 Å². The molecule has 2 aromatic rings. The summed E-state index contributed by atoms with van der Waals surface area (Å²) in [6.07, 6.45) is 0. The highest BCUT2D eigenvalue weighted by molar-refractivity contribution is 7.59. The first-order valence-corrected chi connectivity index (χ1v) is 6.03. The van der Waals surface area contributed by atoms with E-state index in [1.165, 1.54) is 6.92 Å². The molecule has 0 saturated heterocycles. The largest absolute Gasteiger partial charge is 0.425 e. The minimum Gasteiger partial charge on any atom is -0.326 e. The number of anilines is 1. The molecule has 0 atom stereocenters. The van der Waals surface area contributed by atoms with E-state index in [-0.39, 0.29) is 5.91 Å². The van der Waals surface area contributed by atoms with Crippen LogP contribution in [0.2, 0.25) is 0 Å². The Balaban J connectivity index is 0.000000357. The number of carbonyl (C=O) groups is 1. The van der Waals surface area contributed by atoms with Gasteiger partial charge in [0.1, 0.15) is 0 Å². The topological polar surface area (TPSA) is 80.3 Å². The minimum atomic E-state index is -3.11. The molecular weight excluding hydrogens is 254 g/mol. The van der Waals surface area contributed by atoms with Gasteiger partial charge in [-0.05, 0) is 11.5 Å². The highest BCUT2D eigenvalue weighted by atomic mass is 32.2. The Morgan fingerprint density at radius 2 is 1.56 bits per heavy atom. The fraction of sp³-hybridized carbons (Fsp3) is 0.0833. The maximum absolute atomic E-state index is 10.9. The van der Waals surface area contributed by atoms with Crippen molar-refractivity contribution in [3.8, 4) is 0 Å². The third-order valence-corrected chi connectivity index (χ3v) is 2.10. The van der Waals surface area contributed by atoms with Gasteiger partial charge < -0.3 is 5.32 Å². The third-order valence-electron chi connectivity index (χ3n) is 2.10. The lowest BCUT2D eigenvalue weighted by Gasteiger charge is -2.05. The molecule has 0 saturated carbocycles. The summed E-state index contributed by atoms with van der Waals surface area (Å²) in [4.78, 5) is 10.9. The van der Waals surface area contributed by atoms with Crippen LogP contribution in [-0.4, -0.2) is 18.5 Å². The average Bonchev–Trinajstić information content (AvgIpc) is 2.28. The molecule has 0 aromatic heterocycles. The SMILES string of the molecule is CC(=O)Nc1cccc2ccccc12.O=S(=O)=O. The highest BCUT2D eigenvalue weighted by Gasteiger charge is 2.00. The first kappa shape index (κ1) is 13.9. The fourth-order valence-electron chi connectivity index (χ4n) is 1.52. The van der Waals surface area contributed by atoms with E-state index in [1.807, 2.05) is 42.5 Å². The lowest BCUT2D eigenvalue weighted by Crippen LogP contribution is -2.05. The van der Waals surface area contributed by atoms with Crippen LogP contribution in [0.1, 0.15) is 6.92 Å². The second kappa shape index (κ2) is 6.51. The number of rotatable bonds is 1. The number of carbonyl (C=O) groups excluding carboxylic acids is 1.